The highest BCUT2D eigenvalue weighted by atomic mass is 14.7. The van der Waals surface area contributed by atoms with Crippen molar-refractivity contribution in [2.24, 2.45) is 0 Å². The van der Waals surface area contributed by atoms with Gasteiger partial charge in [-0.05, 0) is 29.6 Å². The van der Waals surface area contributed by atoms with Crippen molar-refractivity contribution in [1.82, 2.24) is 4.98 Å². The van der Waals surface area contributed by atoms with E-state index in [1.807, 2.05) is 60.7 Å². The Morgan fingerprint density at radius 3 is 2.33 bits per heavy atom. The number of aryl methyl sites for hydroxylation is 1. The zero-order valence-electron chi connectivity index (χ0n) is 15.9. The van der Waals surface area contributed by atoms with Gasteiger partial charge < -0.3 is 0 Å². The topological polar surface area (TPSA) is 12.9 Å². The second-order valence-corrected chi connectivity index (χ2v) is 4.97. The lowest BCUT2D eigenvalue weighted by molar-refractivity contribution is 0.904. The number of benzene rings is 2. The van der Waals surface area contributed by atoms with Crippen LogP contribution in [0.25, 0.3) is 11.3 Å². The van der Waals surface area contributed by atoms with Gasteiger partial charge in [0, 0.05) is 23.1 Å². The fraction of sp³-hybridized carbons (Fsp3) is 0.150. The maximum Gasteiger partial charge on any atom is 0.0705 e. The van der Waals surface area contributed by atoms with Crippen LogP contribution in [0.1, 0.15) is 35.0 Å². The quantitative estimate of drug-likeness (QED) is 0.640. The molecule has 0 fully saturated rings. The minimum absolute atomic E-state index is 0.119. The van der Waals surface area contributed by atoms with E-state index in [-0.39, 0.29) is 5.56 Å². The van der Waals surface area contributed by atoms with Crippen LogP contribution < -0.4 is 0 Å². The van der Waals surface area contributed by atoms with Gasteiger partial charge in [-0.15, -0.1) is 0 Å². The van der Waals surface area contributed by atoms with E-state index in [1.54, 1.807) is 13.0 Å². The van der Waals surface area contributed by atoms with Crippen LogP contribution in [0.15, 0.2) is 72.9 Å². The molecule has 1 heteroatoms. The molecule has 0 aliphatic rings. The van der Waals surface area contributed by atoms with Gasteiger partial charge in [-0.3, -0.25) is 4.98 Å². The summed E-state index contributed by atoms with van der Waals surface area (Å²) >= 11 is 0. The van der Waals surface area contributed by atoms with E-state index in [1.165, 1.54) is 6.20 Å². The first-order chi connectivity index (χ1) is 11.8. The third-order valence-corrected chi connectivity index (χ3v) is 3.58. The van der Waals surface area contributed by atoms with Crippen molar-refractivity contribution in [1.29, 1.82) is 0 Å². The van der Waals surface area contributed by atoms with E-state index >= 15 is 0 Å². The minimum Gasteiger partial charge on any atom is -0.256 e. The standard InChI is InChI=1S/C20H19N/c1-15-14-21-20(18-11-7-4-8-12-18)13-19(15)16(2)17-9-5-3-6-10-17/h3-14,16H,1-2H3/i1D3,16D. The van der Waals surface area contributed by atoms with Gasteiger partial charge >= 0.3 is 0 Å². The van der Waals surface area contributed by atoms with Crippen LogP contribution in [0.4, 0.5) is 0 Å². The van der Waals surface area contributed by atoms with Gasteiger partial charge in [-0.2, -0.15) is 0 Å². The first kappa shape index (κ1) is 9.51. The number of hydrogen-bond donors (Lipinski definition) is 0. The third-order valence-electron chi connectivity index (χ3n) is 3.58. The van der Waals surface area contributed by atoms with Gasteiger partial charge in [-0.1, -0.05) is 67.6 Å². The SMILES string of the molecule is [2H]C([2H])([2H])c1cnc(-c2ccccc2)cc1C([2H])(C)c1ccccc1. The molecule has 0 N–H and O–H groups in total. The molecule has 0 spiro atoms. The van der Waals surface area contributed by atoms with Gasteiger partial charge in [0.2, 0.25) is 0 Å². The van der Waals surface area contributed by atoms with E-state index in [0.29, 0.717) is 11.3 Å². The first-order valence-electron chi connectivity index (χ1n) is 8.92. The second-order valence-electron chi connectivity index (χ2n) is 4.97. The van der Waals surface area contributed by atoms with Crippen LogP contribution in [0.2, 0.25) is 0 Å². The van der Waals surface area contributed by atoms with E-state index < -0.39 is 12.7 Å². The molecule has 0 bridgehead atoms. The normalized spacial score (nSPS) is 17.0. The van der Waals surface area contributed by atoms with Crippen molar-refractivity contribution in [2.45, 2.75) is 19.7 Å². The Morgan fingerprint density at radius 2 is 1.67 bits per heavy atom. The predicted molar refractivity (Wildman–Crippen MR) is 88.4 cm³/mol. The molecule has 1 unspecified atom stereocenters. The molecule has 0 aliphatic heterocycles. The summed E-state index contributed by atoms with van der Waals surface area (Å²) in [6, 6.07) is 20.6. The zero-order valence-corrected chi connectivity index (χ0v) is 11.9. The molecule has 104 valence electrons. The van der Waals surface area contributed by atoms with Gasteiger partial charge in [0.25, 0.3) is 0 Å². The average molecular weight is 277 g/mol. The summed E-state index contributed by atoms with van der Waals surface area (Å²) in [5.41, 5.74) is 2.87. The molecule has 1 aromatic heterocycles. The van der Waals surface area contributed by atoms with E-state index in [2.05, 4.69) is 4.98 Å². The number of hydrogen-bond acceptors (Lipinski definition) is 1. The molecule has 0 saturated heterocycles. The van der Waals surface area contributed by atoms with Crippen LogP contribution in [0, 0.1) is 6.85 Å². The van der Waals surface area contributed by atoms with Crippen molar-refractivity contribution in [3.05, 3.63) is 89.6 Å². The zero-order chi connectivity index (χ0) is 18.1. The lowest BCUT2D eigenvalue weighted by atomic mass is 9.90. The Labute approximate surface area is 131 Å². The summed E-state index contributed by atoms with van der Waals surface area (Å²) < 4.78 is 32.4. The van der Waals surface area contributed by atoms with Crippen LogP contribution in [0.5, 0.6) is 0 Å². The summed E-state index contributed by atoms with van der Waals surface area (Å²) in [4.78, 5) is 4.34. The first-order valence-corrected chi connectivity index (χ1v) is 6.92. The fourth-order valence-electron chi connectivity index (χ4n) is 2.38. The number of aromatic nitrogens is 1. The number of nitrogens with zero attached hydrogens (tertiary/aromatic N) is 1. The minimum atomic E-state index is -2.32. The molecule has 2 aromatic carbocycles. The summed E-state index contributed by atoms with van der Waals surface area (Å²) in [5.74, 6) is -1.20. The van der Waals surface area contributed by atoms with Crippen molar-refractivity contribution in [2.75, 3.05) is 0 Å². The molecule has 3 aromatic rings. The summed E-state index contributed by atoms with van der Waals surface area (Å²) in [6.45, 7) is -0.601. The molecule has 0 saturated carbocycles. The lowest BCUT2D eigenvalue weighted by Gasteiger charge is -2.16. The van der Waals surface area contributed by atoms with Crippen LogP contribution in [-0.2, 0) is 0 Å². The maximum absolute atomic E-state index is 8.91. The number of pyridine rings is 1. The lowest BCUT2D eigenvalue weighted by Crippen LogP contribution is -2.00. The molecule has 0 aliphatic carbocycles. The van der Waals surface area contributed by atoms with E-state index in [0.717, 1.165) is 11.1 Å². The van der Waals surface area contributed by atoms with Crippen LogP contribution >= 0.6 is 0 Å². The van der Waals surface area contributed by atoms with E-state index in [9.17, 15) is 0 Å². The van der Waals surface area contributed by atoms with Gasteiger partial charge in [-0.25, -0.2) is 0 Å². The summed E-state index contributed by atoms with van der Waals surface area (Å²) in [6.07, 6.45) is 1.39. The van der Waals surface area contributed by atoms with Crippen molar-refractivity contribution in [3.63, 3.8) is 0 Å². The molecular weight excluding hydrogens is 254 g/mol. The Hall–Kier alpha value is -2.41. The largest absolute Gasteiger partial charge is 0.256 e. The van der Waals surface area contributed by atoms with Crippen molar-refractivity contribution >= 4 is 0 Å². The molecule has 1 heterocycles. The molecule has 1 atom stereocenters. The molecule has 21 heavy (non-hydrogen) atoms. The van der Waals surface area contributed by atoms with E-state index in [4.69, 9.17) is 5.48 Å². The molecule has 0 radical (unpaired) electrons. The molecule has 3 rings (SSSR count). The maximum atomic E-state index is 8.91. The Kier molecular flexibility index (Phi) is 2.68. The van der Waals surface area contributed by atoms with Gasteiger partial charge in [0.05, 0.1) is 5.69 Å². The van der Waals surface area contributed by atoms with Crippen LogP contribution in [0.3, 0.4) is 0 Å². The summed E-state index contributed by atoms with van der Waals surface area (Å²) in [7, 11) is 0. The molecular formula is C20H19N. The smallest absolute Gasteiger partial charge is 0.0705 e. The predicted octanol–water partition coefficient (Wildman–Crippen LogP) is 5.21. The highest BCUT2D eigenvalue weighted by Gasteiger charge is 2.12. The third kappa shape index (κ3) is 2.87. The monoisotopic (exact) mass is 277 g/mol. The number of rotatable bonds is 3. The Balaban J connectivity index is 2.22. The highest BCUT2D eigenvalue weighted by Crippen LogP contribution is 2.29. The average Bonchev–Trinajstić information content (AvgIpc) is 2.62. The highest BCUT2D eigenvalue weighted by molar-refractivity contribution is 5.60. The molecule has 1 nitrogen and oxygen atoms in total. The summed E-state index contributed by atoms with van der Waals surface area (Å²) in [5, 5.41) is 0. The van der Waals surface area contributed by atoms with Gasteiger partial charge in [0.1, 0.15) is 0 Å². The Bertz CT molecular complexity index is 856. The van der Waals surface area contributed by atoms with Gasteiger partial charge in [0.15, 0.2) is 0 Å². The second kappa shape index (κ2) is 5.92. The molecule has 0 amide bonds. The van der Waals surface area contributed by atoms with Crippen molar-refractivity contribution < 1.29 is 5.48 Å². The van der Waals surface area contributed by atoms with Crippen LogP contribution in [-0.4, -0.2) is 4.98 Å². The fourth-order valence-corrected chi connectivity index (χ4v) is 2.38. The Morgan fingerprint density at radius 1 is 1.00 bits per heavy atom. The van der Waals surface area contributed by atoms with Crippen molar-refractivity contribution in [3.8, 4) is 11.3 Å².